The third-order valence-corrected chi connectivity index (χ3v) is 17.4. The molecule has 0 aliphatic heterocycles. The van der Waals surface area contributed by atoms with Crippen LogP contribution in [0.4, 0.5) is 5.69 Å². The fourth-order valence-electron chi connectivity index (χ4n) is 14.5. The highest BCUT2D eigenvalue weighted by molar-refractivity contribution is 6.08. The van der Waals surface area contributed by atoms with Gasteiger partial charge in [0.15, 0.2) is 0 Å². The predicted molar refractivity (Wildman–Crippen MR) is 223 cm³/mol. The van der Waals surface area contributed by atoms with Crippen LogP contribution in [0.2, 0.25) is 0 Å². The fraction of sp³-hybridized carbons (Fsp3) is 0.745. The highest BCUT2D eigenvalue weighted by atomic mass is 16.6. The first-order valence-corrected chi connectivity index (χ1v) is 22.1. The number of nitrogens with two attached hydrogens (primary N) is 1. The number of carboxylic acids is 1. The quantitative estimate of drug-likeness (QED) is 0.0492. The van der Waals surface area contributed by atoms with Crippen molar-refractivity contribution in [2.75, 3.05) is 13.1 Å². The standard InChI is InChI=1S/C47H69N3O8/c1-29(2)34-16-21-47(42(55)49(25-13-11-9-10-12-24-48)40(52)31-26-32(41(53)54)28-33(27-31)50(56)57)23-22-45(7)35(39(34)47)14-15-37-44(6)19-18-38(58-30(3)51)43(4,5)36(44)17-20-46(37,45)8/h26-28,34-39H,1,9-25,48H2,2-8H3,(H,53,54)/t34-,35+,36-,37?,38-,39+,44-,45+,46+,47-/m0/s1. The van der Waals surface area contributed by atoms with Gasteiger partial charge in [0, 0.05) is 36.6 Å². The van der Waals surface area contributed by atoms with Crippen LogP contribution in [-0.2, 0) is 14.3 Å². The van der Waals surface area contributed by atoms with E-state index in [4.69, 9.17) is 10.5 Å². The summed E-state index contributed by atoms with van der Waals surface area (Å²) in [6.07, 6.45) is 13.0. The Bertz CT molecular complexity index is 1790. The number of imide groups is 1. The van der Waals surface area contributed by atoms with E-state index in [0.29, 0.717) is 37.6 Å². The van der Waals surface area contributed by atoms with Gasteiger partial charge in [-0.15, -0.1) is 0 Å². The number of unbranched alkanes of at least 4 members (excludes halogenated alkanes) is 4. The molecule has 0 aromatic heterocycles. The highest BCUT2D eigenvalue weighted by Crippen LogP contribution is 2.77. The molecule has 0 bridgehead atoms. The molecule has 58 heavy (non-hydrogen) atoms. The van der Waals surface area contributed by atoms with E-state index in [1.807, 2.05) is 0 Å². The molecule has 2 amide bonds. The maximum atomic E-state index is 15.6. The molecular formula is C47H69N3O8. The van der Waals surface area contributed by atoms with Gasteiger partial charge in [-0.05, 0) is 142 Å². The molecule has 10 atom stereocenters. The Morgan fingerprint density at radius 1 is 0.845 bits per heavy atom. The minimum atomic E-state index is -1.38. The van der Waals surface area contributed by atoms with E-state index in [2.05, 4.69) is 48.1 Å². The summed E-state index contributed by atoms with van der Waals surface area (Å²) in [5, 5.41) is 21.7. The van der Waals surface area contributed by atoms with E-state index in [1.165, 1.54) is 11.8 Å². The smallest absolute Gasteiger partial charge is 0.335 e. The van der Waals surface area contributed by atoms with Crippen molar-refractivity contribution >= 4 is 29.4 Å². The lowest BCUT2D eigenvalue weighted by atomic mass is 9.32. The molecule has 5 aliphatic carbocycles. The van der Waals surface area contributed by atoms with Crippen LogP contribution in [0.5, 0.6) is 0 Å². The highest BCUT2D eigenvalue weighted by Gasteiger charge is 2.72. The second-order valence-electron chi connectivity index (χ2n) is 20.4. The second-order valence-corrected chi connectivity index (χ2v) is 20.4. The van der Waals surface area contributed by atoms with Gasteiger partial charge >= 0.3 is 11.9 Å². The predicted octanol–water partition coefficient (Wildman–Crippen LogP) is 9.76. The largest absolute Gasteiger partial charge is 0.478 e. The zero-order valence-corrected chi connectivity index (χ0v) is 36.2. The number of carbonyl (C=O) groups is 4. The first-order valence-electron chi connectivity index (χ1n) is 22.1. The third-order valence-electron chi connectivity index (χ3n) is 17.4. The van der Waals surface area contributed by atoms with Crippen molar-refractivity contribution in [2.45, 2.75) is 151 Å². The summed E-state index contributed by atoms with van der Waals surface area (Å²) in [5.74, 6) is -1.27. The van der Waals surface area contributed by atoms with E-state index >= 15 is 4.79 Å². The number of hydrogen-bond acceptors (Lipinski definition) is 8. The molecule has 0 heterocycles. The van der Waals surface area contributed by atoms with Gasteiger partial charge < -0.3 is 15.6 Å². The molecule has 6 rings (SSSR count). The summed E-state index contributed by atoms with van der Waals surface area (Å²) >= 11 is 0. The van der Waals surface area contributed by atoms with Crippen LogP contribution in [0, 0.1) is 66.8 Å². The molecule has 0 saturated heterocycles. The molecule has 0 spiro atoms. The number of fused-ring (bicyclic) bond motifs is 7. The van der Waals surface area contributed by atoms with Gasteiger partial charge in [-0.2, -0.15) is 0 Å². The first-order chi connectivity index (χ1) is 27.2. The van der Waals surface area contributed by atoms with Crippen molar-refractivity contribution in [1.29, 1.82) is 0 Å². The molecule has 11 heteroatoms. The number of ether oxygens (including phenoxy) is 1. The number of carbonyl (C=O) groups excluding carboxylic acids is 3. The summed E-state index contributed by atoms with van der Waals surface area (Å²) in [4.78, 5) is 67.1. The number of hydrogen-bond donors (Lipinski definition) is 2. The first kappa shape index (κ1) is 44.0. The average Bonchev–Trinajstić information content (AvgIpc) is 3.56. The van der Waals surface area contributed by atoms with Gasteiger partial charge in [0.25, 0.3) is 11.6 Å². The number of nitro benzene ring substituents is 1. The van der Waals surface area contributed by atoms with Gasteiger partial charge in [-0.1, -0.05) is 66.0 Å². The SMILES string of the molecule is C=C(C)[C@@H]1CC[C@]2(C(=O)N(CCCCCCCN)C(=O)c3cc(C(=O)O)cc([N+](=O)[O-])c3)CC[C@]3(C)[C@H](CCC4[C@@]5(C)CC[C@H](OC(C)=O)C(C)(C)[C@@H]5CC[C@]43C)[C@@H]12. The number of non-ortho nitro benzene ring substituents is 1. The fourth-order valence-corrected chi connectivity index (χ4v) is 14.5. The molecule has 320 valence electrons. The van der Waals surface area contributed by atoms with Crippen LogP contribution in [-0.4, -0.2) is 57.9 Å². The number of nitro groups is 1. The van der Waals surface area contributed by atoms with E-state index in [9.17, 15) is 29.6 Å². The number of aromatic carboxylic acids is 1. The molecule has 1 aromatic rings. The van der Waals surface area contributed by atoms with Gasteiger partial charge in [0.1, 0.15) is 6.10 Å². The number of allylic oxidation sites excluding steroid dienone is 1. The minimum absolute atomic E-state index is 0.0121. The molecule has 5 saturated carbocycles. The molecule has 3 N–H and O–H groups in total. The van der Waals surface area contributed by atoms with Crippen LogP contribution in [0.3, 0.4) is 0 Å². The van der Waals surface area contributed by atoms with Gasteiger partial charge in [-0.25, -0.2) is 4.79 Å². The van der Waals surface area contributed by atoms with Gasteiger partial charge in [0.05, 0.1) is 15.9 Å². The molecule has 1 unspecified atom stereocenters. The van der Waals surface area contributed by atoms with Crippen LogP contribution in [0.1, 0.15) is 165 Å². The Morgan fingerprint density at radius 3 is 2.16 bits per heavy atom. The van der Waals surface area contributed by atoms with Crippen LogP contribution in [0.15, 0.2) is 30.4 Å². The third kappa shape index (κ3) is 7.12. The van der Waals surface area contributed by atoms with E-state index < -0.39 is 27.9 Å². The number of esters is 1. The number of benzene rings is 1. The number of rotatable bonds is 13. The summed E-state index contributed by atoms with van der Waals surface area (Å²) in [6.45, 7) is 21.0. The zero-order valence-electron chi connectivity index (χ0n) is 36.2. The number of carboxylic acid groups (broad SMARTS) is 1. The van der Waals surface area contributed by atoms with Crippen molar-refractivity contribution in [2.24, 2.45) is 62.4 Å². The van der Waals surface area contributed by atoms with Crippen LogP contribution in [0.25, 0.3) is 0 Å². The molecule has 1 aromatic carbocycles. The van der Waals surface area contributed by atoms with E-state index in [0.717, 1.165) is 101 Å². The molecule has 0 radical (unpaired) electrons. The van der Waals surface area contributed by atoms with Gasteiger partial charge in [-0.3, -0.25) is 29.4 Å². The Hall–Kier alpha value is -3.60. The van der Waals surface area contributed by atoms with Crippen molar-refractivity contribution in [1.82, 2.24) is 4.90 Å². The lowest BCUT2D eigenvalue weighted by molar-refractivity contribution is -0.384. The molecular weight excluding hydrogens is 735 g/mol. The monoisotopic (exact) mass is 804 g/mol. The topological polar surface area (TPSA) is 170 Å². The minimum Gasteiger partial charge on any atom is -0.478 e. The van der Waals surface area contributed by atoms with Crippen LogP contribution < -0.4 is 5.73 Å². The lowest BCUT2D eigenvalue weighted by Crippen LogP contribution is -2.67. The van der Waals surface area contributed by atoms with Crippen molar-refractivity contribution in [3.05, 3.63) is 51.6 Å². The summed E-state index contributed by atoms with van der Waals surface area (Å²) < 4.78 is 5.96. The van der Waals surface area contributed by atoms with Crippen molar-refractivity contribution in [3.8, 4) is 0 Å². The summed E-state index contributed by atoms with van der Waals surface area (Å²) in [6, 6.07) is 3.22. The maximum absolute atomic E-state index is 15.6. The molecule has 5 aliphatic rings. The van der Waals surface area contributed by atoms with E-state index in [-0.39, 0.29) is 75.1 Å². The van der Waals surface area contributed by atoms with Gasteiger partial charge in [0.2, 0.25) is 5.91 Å². The number of amides is 2. The van der Waals surface area contributed by atoms with Crippen LogP contribution >= 0.6 is 0 Å². The summed E-state index contributed by atoms with van der Waals surface area (Å²) in [5.41, 5.74) is 4.84. The maximum Gasteiger partial charge on any atom is 0.335 e. The normalized spacial score (nSPS) is 36.0. The zero-order chi connectivity index (χ0) is 42.6. The molecule has 11 nitrogen and oxygen atoms in total. The Morgan fingerprint density at radius 2 is 1.52 bits per heavy atom. The Labute approximate surface area is 345 Å². The lowest BCUT2D eigenvalue weighted by Gasteiger charge is -2.73. The second kappa shape index (κ2) is 16.1. The average molecular weight is 804 g/mol. The van der Waals surface area contributed by atoms with Crippen molar-refractivity contribution in [3.63, 3.8) is 0 Å². The summed E-state index contributed by atoms with van der Waals surface area (Å²) in [7, 11) is 0. The Kier molecular flexibility index (Phi) is 12.2. The van der Waals surface area contributed by atoms with E-state index in [1.54, 1.807) is 0 Å². The van der Waals surface area contributed by atoms with Crippen molar-refractivity contribution < 1.29 is 33.9 Å². The number of nitrogens with zero attached hydrogens (tertiary/aromatic N) is 2. The molecule has 5 fully saturated rings. The Balaban J connectivity index is 1.37.